The molecule has 0 amide bonds. The van der Waals surface area contributed by atoms with Crippen LogP contribution < -0.4 is 0 Å². The molecule has 0 saturated carbocycles. The first kappa shape index (κ1) is 15.7. The molecule has 0 atom stereocenters. The van der Waals surface area contributed by atoms with Crippen LogP contribution in [0.1, 0.15) is 21.6 Å². The minimum absolute atomic E-state index is 0.804. The zero-order chi connectivity index (χ0) is 17.4. The lowest BCUT2D eigenvalue weighted by molar-refractivity contribution is 0.863. The van der Waals surface area contributed by atoms with Gasteiger partial charge in [-0.05, 0) is 55.5 Å². The molecular formula is C20H18N4S. The molecule has 0 spiro atoms. The van der Waals surface area contributed by atoms with Crippen molar-refractivity contribution in [3.05, 3.63) is 75.5 Å². The highest BCUT2D eigenvalue weighted by molar-refractivity contribution is 7.12. The largest absolute Gasteiger partial charge is 0.227 e. The van der Waals surface area contributed by atoms with Gasteiger partial charge in [0.15, 0.2) is 5.84 Å². The average molecular weight is 346 g/mol. The van der Waals surface area contributed by atoms with Crippen LogP contribution in [0.4, 0.5) is 5.69 Å². The van der Waals surface area contributed by atoms with Gasteiger partial charge in [-0.15, -0.1) is 16.4 Å². The number of aryl methyl sites for hydroxylation is 3. The smallest absolute Gasteiger partial charge is 0.173 e. The van der Waals surface area contributed by atoms with Gasteiger partial charge >= 0.3 is 0 Å². The molecule has 2 aromatic carbocycles. The van der Waals surface area contributed by atoms with Crippen LogP contribution in [-0.4, -0.2) is 20.8 Å². The summed E-state index contributed by atoms with van der Waals surface area (Å²) < 4.78 is 1.83. The summed E-state index contributed by atoms with van der Waals surface area (Å²) >= 11 is 1.65. The first-order valence-electron chi connectivity index (χ1n) is 8.15. The number of aromatic nitrogens is 3. The predicted octanol–water partition coefficient (Wildman–Crippen LogP) is 5.04. The van der Waals surface area contributed by atoms with Gasteiger partial charge in [0, 0.05) is 0 Å². The molecule has 4 rings (SSSR count). The highest BCUT2D eigenvalue weighted by Crippen LogP contribution is 2.27. The summed E-state index contributed by atoms with van der Waals surface area (Å²) in [5, 5.41) is 10.7. The van der Waals surface area contributed by atoms with Crippen molar-refractivity contribution in [2.45, 2.75) is 20.8 Å². The highest BCUT2D eigenvalue weighted by atomic mass is 32.1. The number of nitrogens with zero attached hydrogens (tertiary/aromatic N) is 4. The van der Waals surface area contributed by atoms with Crippen LogP contribution in [0.5, 0.6) is 0 Å². The van der Waals surface area contributed by atoms with Crippen LogP contribution >= 0.6 is 11.3 Å². The van der Waals surface area contributed by atoms with E-state index in [1.54, 1.807) is 11.3 Å². The molecule has 0 fully saturated rings. The molecule has 0 bridgehead atoms. The number of rotatable bonds is 2. The molecule has 0 aliphatic rings. The van der Waals surface area contributed by atoms with Crippen LogP contribution in [0.15, 0.2) is 58.9 Å². The Bertz CT molecular complexity index is 1050. The monoisotopic (exact) mass is 346 g/mol. The van der Waals surface area contributed by atoms with Gasteiger partial charge in [-0.1, -0.05) is 41.1 Å². The second-order valence-corrected chi connectivity index (χ2v) is 7.10. The quantitative estimate of drug-likeness (QED) is 0.377. The fraction of sp³-hybridized carbons (Fsp3) is 0.150. The summed E-state index contributed by atoms with van der Waals surface area (Å²) in [5.74, 6) is 0.804. The molecule has 0 unspecified atom stereocenters. The van der Waals surface area contributed by atoms with E-state index in [1.807, 2.05) is 35.0 Å². The van der Waals surface area contributed by atoms with E-state index in [0.717, 1.165) is 38.6 Å². The molecule has 25 heavy (non-hydrogen) atoms. The van der Waals surface area contributed by atoms with E-state index in [0.29, 0.717) is 0 Å². The molecule has 0 radical (unpaired) electrons. The summed E-state index contributed by atoms with van der Waals surface area (Å²) in [6, 6.07) is 16.4. The highest BCUT2D eigenvalue weighted by Gasteiger charge is 2.15. The zero-order valence-corrected chi connectivity index (χ0v) is 15.2. The maximum atomic E-state index is 5.02. The van der Waals surface area contributed by atoms with Crippen molar-refractivity contribution in [2.24, 2.45) is 4.99 Å². The molecule has 0 aliphatic carbocycles. The maximum absolute atomic E-state index is 5.02. The van der Waals surface area contributed by atoms with Crippen molar-refractivity contribution in [1.82, 2.24) is 15.0 Å². The number of hydrogen-bond donors (Lipinski definition) is 0. The fourth-order valence-electron chi connectivity index (χ4n) is 3.09. The Labute approximate surface area is 150 Å². The third-order valence-corrected chi connectivity index (χ3v) is 5.01. The molecule has 124 valence electrons. The van der Waals surface area contributed by atoms with Gasteiger partial charge in [-0.25, -0.2) is 4.99 Å². The van der Waals surface area contributed by atoms with Crippen molar-refractivity contribution in [3.8, 4) is 0 Å². The van der Waals surface area contributed by atoms with Gasteiger partial charge in [-0.3, -0.25) is 0 Å². The van der Waals surface area contributed by atoms with Crippen molar-refractivity contribution in [3.63, 3.8) is 0 Å². The van der Waals surface area contributed by atoms with Gasteiger partial charge in [0.1, 0.15) is 5.52 Å². The number of hydrogen-bond acceptors (Lipinski definition) is 4. The lowest BCUT2D eigenvalue weighted by Crippen LogP contribution is -2.14. The van der Waals surface area contributed by atoms with Crippen molar-refractivity contribution < 1.29 is 0 Å². The Kier molecular flexibility index (Phi) is 3.93. The third-order valence-electron chi connectivity index (χ3n) is 4.15. The molecular weight excluding hydrogens is 328 g/mol. The van der Waals surface area contributed by atoms with Crippen molar-refractivity contribution >= 4 is 33.9 Å². The van der Waals surface area contributed by atoms with Crippen molar-refractivity contribution in [1.29, 1.82) is 0 Å². The molecule has 5 heteroatoms. The van der Waals surface area contributed by atoms with E-state index in [2.05, 4.69) is 54.7 Å². The Morgan fingerprint density at radius 2 is 1.76 bits per heavy atom. The van der Waals surface area contributed by atoms with Crippen LogP contribution in [-0.2, 0) is 0 Å². The molecule has 0 N–H and O–H groups in total. The van der Waals surface area contributed by atoms with E-state index in [4.69, 9.17) is 4.99 Å². The molecule has 4 nitrogen and oxygen atoms in total. The van der Waals surface area contributed by atoms with Crippen LogP contribution in [0.3, 0.4) is 0 Å². The second kappa shape index (κ2) is 6.26. The normalized spacial score (nSPS) is 12.0. The van der Waals surface area contributed by atoms with E-state index in [9.17, 15) is 0 Å². The van der Waals surface area contributed by atoms with Crippen LogP contribution in [0, 0.1) is 20.8 Å². The molecule has 2 heterocycles. The van der Waals surface area contributed by atoms with E-state index >= 15 is 0 Å². The molecule has 0 saturated heterocycles. The summed E-state index contributed by atoms with van der Waals surface area (Å²) in [7, 11) is 0. The first-order chi connectivity index (χ1) is 12.1. The standard InChI is InChI=1S/C20H18N4S/c1-13-11-14(2)19(15(3)12-13)21-20(18-9-6-10-25-18)24-17-8-5-4-7-16(17)22-23-24/h4-12H,1-3H3. The lowest BCUT2D eigenvalue weighted by Gasteiger charge is -2.10. The topological polar surface area (TPSA) is 43.1 Å². The minimum atomic E-state index is 0.804. The third kappa shape index (κ3) is 2.87. The summed E-state index contributed by atoms with van der Waals surface area (Å²) in [6.45, 7) is 6.31. The number of aliphatic imine (C=N–C) groups is 1. The molecule has 0 aliphatic heterocycles. The Hall–Kier alpha value is -2.79. The maximum Gasteiger partial charge on any atom is 0.173 e. The van der Waals surface area contributed by atoms with Gasteiger partial charge in [0.25, 0.3) is 0 Å². The Morgan fingerprint density at radius 3 is 2.48 bits per heavy atom. The zero-order valence-electron chi connectivity index (χ0n) is 14.4. The summed E-state index contributed by atoms with van der Waals surface area (Å²) in [5.41, 5.74) is 6.39. The number of thiophene rings is 1. The van der Waals surface area contributed by atoms with E-state index < -0.39 is 0 Å². The minimum Gasteiger partial charge on any atom is -0.227 e. The summed E-state index contributed by atoms with van der Waals surface area (Å²) in [6.07, 6.45) is 0. The van der Waals surface area contributed by atoms with Crippen LogP contribution in [0.25, 0.3) is 11.0 Å². The second-order valence-electron chi connectivity index (χ2n) is 6.15. The van der Waals surface area contributed by atoms with Gasteiger partial charge < -0.3 is 0 Å². The Morgan fingerprint density at radius 1 is 1.00 bits per heavy atom. The van der Waals surface area contributed by atoms with Gasteiger partial charge in [-0.2, -0.15) is 4.68 Å². The molecule has 2 aromatic heterocycles. The van der Waals surface area contributed by atoms with E-state index in [-0.39, 0.29) is 0 Å². The van der Waals surface area contributed by atoms with Crippen molar-refractivity contribution in [2.75, 3.05) is 0 Å². The van der Waals surface area contributed by atoms with E-state index in [1.165, 1.54) is 5.56 Å². The van der Waals surface area contributed by atoms with Gasteiger partial charge in [0.05, 0.1) is 16.1 Å². The van der Waals surface area contributed by atoms with Gasteiger partial charge in [0.2, 0.25) is 0 Å². The number of benzene rings is 2. The number of para-hydroxylation sites is 1. The SMILES string of the molecule is Cc1cc(C)c(N=C(c2cccs2)n2nnc3ccccc32)c(C)c1. The molecule has 4 aromatic rings. The summed E-state index contributed by atoms with van der Waals surface area (Å²) in [4.78, 5) is 6.09. The fourth-order valence-corrected chi connectivity index (χ4v) is 3.79. The average Bonchev–Trinajstić information content (AvgIpc) is 3.24. The predicted molar refractivity (Wildman–Crippen MR) is 104 cm³/mol. The van der Waals surface area contributed by atoms with Crippen LogP contribution in [0.2, 0.25) is 0 Å². The lowest BCUT2D eigenvalue weighted by atomic mass is 10.1. The number of fused-ring (bicyclic) bond motifs is 1. The first-order valence-corrected chi connectivity index (χ1v) is 9.02. The Balaban J connectivity index is 1.98.